The number of rotatable bonds is 4. The molecule has 1 fully saturated rings. The highest BCUT2D eigenvalue weighted by Crippen LogP contribution is 2.44. The van der Waals surface area contributed by atoms with Crippen molar-refractivity contribution in [1.29, 1.82) is 0 Å². The van der Waals surface area contributed by atoms with E-state index in [0.717, 1.165) is 28.3 Å². The standard InChI is InChI=1S/C29H29FN4S/c1-17-9-10-18(2)26(14-17)33-20(4)16-23(21(33)5)28-27(25-8-6-7-13-31-25)32-29(35)34(28)22-11-12-24(30)19(3)15-22/h6-16,27-28H,1-5H3,(H,32,35)/t27-,28+/m0/s1. The maximum Gasteiger partial charge on any atom is 0.174 e. The molecule has 0 aliphatic carbocycles. The number of anilines is 1. The van der Waals surface area contributed by atoms with Crippen molar-refractivity contribution in [3.63, 3.8) is 0 Å². The molecule has 4 nitrogen and oxygen atoms in total. The van der Waals surface area contributed by atoms with Crippen molar-refractivity contribution in [2.24, 2.45) is 0 Å². The van der Waals surface area contributed by atoms with Gasteiger partial charge in [0.05, 0.1) is 17.8 Å². The SMILES string of the molecule is Cc1ccc(C)c(-n2c(C)cc([C@@H]3[C@H](c4ccccn4)NC(=S)N3c3ccc(F)c(C)c3)c2C)c1. The fourth-order valence-electron chi connectivity index (χ4n) is 5.15. The molecule has 1 N–H and O–H groups in total. The van der Waals surface area contributed by atoms with Crippen molar-refractivity contribution in [1.82, 2.24) is 14.9 Å². The molecule has 5 rings (SSSR count). The molecule has 0 unspecified atom stereocenters. The largest absolute Gasteiger partial charge is 0.351 e. The number of nitrogens with zero attached hydrogens (tertiary/aromatic N) is 3. The van der Waals surface area contributed by atoms with E-state index < -0.39 is 0 Å². The Morgan fingerprint density at radius 1 is 0.914 bits per heavy atom. The van der Waals surface area contributed by atoms with Gasteiger partial charge in [0.2, 0.25) is 0 Å². The Kier molecular flexibility index (Phi) is 5.93. The number of pyridine rings is 1. The Bertz CT molecular complexity index is 1430. The Morgan fingerprint density at radius 3 is 2.43 bits per heavy atom. The number of hydrogen-bond donors (Lipinski definition) is 1. The average Bonchev–Trinajstić information content (AvgIpc) is 3.33. The summed E-state index contributed by atoms with van der Waals surface area (Å²) in [7, 11) is 0. The summed E-state index contributed by atoms with van der Waals surface area (Å²) in [6, 6.07) is 19.6. The maximum atomic E-state index is 14.1. The predicted molar refractivity (Wildman–Crippen MR) is 144 cm³/mol. The summed E-state index contributed by atoms with van der Waals surface area (Å²) < 4.78 is 16.5. The van der Waals surface area contributed by atoms with E-state index in [4.69, 9.17) is 12.2 Å². The number of halogens is 1. The van der Waals surface area contributed by atoms with Crippen molar-refractivity contribution in [2.45, 2.75) is 46.7 Å². The van der Waals surface area contributed by atoms with Crippen LogP contribution in [0.5, 0.6) is 0 Å². The zero-order valence-corrected chi connectivity index (χ0v) is 21.4. The molecule has 35 heavy (non-hydrogen) atoms. The first kappa shape index (κ1) is 23.2. The number of aryl methyl sites for hydroxylation is 4. The predicted octanol–water partition coefficient (Wildman–Crippen LogP) is 6.73. The summed E-state index contributed by atoms with van der Waals surface area (Å²) in [6.07, 6.45) is 1.81. The average molecular weight is 485 g/mol. The number of aromatic nitrogens is 2. The molecule has 1 aliphatic rings. The Labute approximate surface area is 211 Å². The zero-order valence-electron chi connectivity index (χ0n) is 20.6. The Hall–Kier alpha value is -3.51. The van der Waals surface area contributed by atoms with Gasteiger partial charge >= 0.3 is 0 Å². The molecule has 0 radical (unpaired) electrons. The third-order valence-electron chi connectivity index (χ3n) is 6.91. The van der Waals surface area contributed by atoms with Crippen LogP contribution in [0.1, 0.15) is 51.4 Å². The van der Waals surface area contributed by atoms with E-state index in [-0.39, 0.29) is 17.9 Å². The van der Waals surface area contributed by atoms with Gasteiger partial charge in [0, 0.05) is 29.0 Å². The first-order valence-corrected chi connectivity index (χ1v) is 12.2. The molecular weight excluding hydrogens is 455 g/mol. The summed E-state index contributed by atoms with van der Waals surface area (Å²) in [5, 5.41) is 4.11. The van der Waals surface area contributed by atoms with Crippen LogP contribution in [0, 0.1) is 40.4 Å². The summed E-state index contributed by atoms with van der Waals surface area (Å²) in [4.78, 5) is 6.77. The van der Waals surface area contributed by atoms with Gasteiger partial charge in [-0.2, -0.15) is 0 Å². The van der Waals surface area contributed by atoms with Gasteiger partial charge in [-0.25, -0.2) is 4.39 Å². The van der Waals surface area contributed by atoms with Crippen LogP contribution in [0.2, 0.25) is 0 Å². The van der Waals surface area contributed by atoms with Crippen molar-refractivity contribution < 1.29 is 4.39 Å². The highest BCUT2D eigenvalue weighted by Gasteiger charge is 2.42. The first-order valence-electron chi connectivity index (χ1n) is 11.8. The molecule has 0 amide bonds. The molecule has 3 heterocycles. The molecule has 2 aromatic heterocycles. The molecule has 2 atom stereocenters. The van der Waals surface area contributed by atoms with Gasteiger partial charge in [-0.15, -0.1) is 0 Å². The Morgan fingerprint density at radius 2 is 1.71 bits per heavy atom. The van der Waals surface area contributed by atoms with E-state index >= 15 is 0 Å². The maximum absolute atomic E-state index is 14.1. The van der Waals surface area contributed by atoms with Crippen LogP contribution >= 0.6 is 12.2 Å². The highest BCUT2D eigenvalue weighted by molar-refractivity contribution is 7.80. The first-order chi connectivity index (χ1) is 16.8. The molecule has 0 bridgehead atoms. The highest BCUT2D eigenvalue weighted by atomic mass is 32.1. The summed E-state index contributed by atoms with van der Waals surface area (Å²) in [5.74, 6) is -0.224. The Balaban J connectivity index is 1.71. The van der Waals surface area contributed by atoms with Gasteiger partial charge in [0.1, 0.15) is 5.82 Å². The van der Waals surface area contributed by atoms with Gasteiger partial charge in [-0.05, 0) is 112 Å². The summed E-state index contributed by atoms with van der Waals surface area (Å²) >= 11 is 5.85. The molecule has 0 saturated carbocycles. The number of thiocarbonyl (C=S) groups is 1. The third kappa shape index (κ3) is 4.02. The van der Waals surface area contributed by atoms with Gasteiger partial charge in [0.15, 0.2) is 5.11 Å². The van der Waals surface area contributed by atoms with Gasteiger partial charge < -0.3 is 14.8 Å². The molecule has 4 aromatic rings. The van der Waals surface area contributed by atoms with Crippen LogP contribution in [-0.2, 0) is 0 Å². The minimum Gasteiger partial charge on any atom is -0.351 e. The van der Waals surface area contributed by atoms with Crippen LogP contribution in [0.3, 0.4) is 0 Å². The van der Waals surface area contributed by atoms with E-state index in [1.54, 1.807) is 19.2 Å². The molecule has 0 spiro atoms. The molecule has 1 aliphatic heterocycles. The van der Waals surface area contributed by atoms with Crippen LogP contribution < -0.4 is 10.2 Å². The van der Waals surface area contributed by atoms with Gasteiger partial charge in [-0.3, -0.25) is 4.98 Å². The lowest BCUT2D eigenvalue weighted by molar-refractivity contribution is 0.564. The van der Waals surface area contributed by atoms with E-state index in [1.165, 1.54) is 22.9 Å². The molecule has 178 valence electrons. The van der Waals surface area contributed by atoms with Crippen LogP contribution in [0.15, 0.2) is 66.9 Å². The van der Waals surface area contributed by atoms with Crippen LogP contribution in [0.25, 0.3) is 5.69 Å². The van der Waals surface area contributed by atoms with E-state index in [2.05, 4.69) is 71.7 Å². The minimum absolute atomic E-state index is 0.146. The second-order valence-corrected chi connectivity index (χ2v) is 9.77. The van der Waals surface area contributed by atoms with Gasteiger partial charge in [-0.1, -0.05) is 18.2 Å². The lowest BCUT2D eigenvalue weighted by atomic mass is 9.96. The topological polar surface area (TPSA) is 33.1 Å². The van der Waals surface area contributed by atoms with E-state index in [1.807, 2.05) is 24.3 Å². The fraction of sp³-hybridized carbons (Fsp3) is 0.241. The van der Waals surface area contributed by atoms with Gasteiger partial charge in [0.25, 0.3) is 0 Å². The lowest BCUT2D eigenvalue weighted by Gasteiger charge is -2.28. The molecule has 2 aromatic carbocycles. The van der Waals surface area contributed by atoms with Crippen molar-refractivity contribution >= 4 is 23.0 Å². The number of nitrogens with one attached hydrogen (secondary N) is 1. The molecular formula is C29H29FN4S. The molecule has 1 saturated heterocycles. The normalized spacial score (nSPS) is 17.7. The van der Waals surface area contributed by atoms with Crippen molar-refractivity contribution in [2.75, 3.05) is 4.90 Å². The molecule has 6 heteroatoms. The smallest absolute Gasteiger partial charge is 0.174 e. The van der Waals surface area contributed by atoms with E-state index in [9.17, 15) is 4.39 Å². The van der Waals surface area contributed by atoms with Crippen molar-refractivity contribution in [3.05, 3.63) is 112 Å². The second kappa shape index (κ2) is 8.93. The number of benzene rings is 2. The number of hydrogen-bond acceptors (Lipinski definition) is 2. The fourth-order valence-corrected chi connectivity index (χ4v) is 5.49. The van der Waals surface area contributed by atoms with Crippen LogP contribution in [-0.4, -0.2) is 14.7 Å². The second-order valence-electron chi connectivity index (χ2n) is 9.38. The lowest BCUT2D eigenvalue weighted by Crippen LogP contribution is -2.29. The monoisotopic (exact) mass is 484 g/mol. The quantitative estimate of drug-likeness (QED) is 0.326. The van der Waals surface area contributed by atoms with Crippen molar-refractivity contribution in [3.8, 4) is 5.69 Å². The third-order valence-corrected chi connectivity index (χ3v) is 7.23. The van der Waals surface area contributed by atoms with Crippen LogP contribution in [0.4, 0.5) is 10.1 Å². The van der Waals surface area contributed by atoms with E-state index in [0.29, 0.717) is 10.7 Å². The zero-order chi connectivity index (χ0) is 24.9. The minimum atomic E-state index is -0.224. The summed E-state index contributed by atoms with van der Waals surface area (Å²) in [6.45, 7) is 10.3. The summed E-state index contributed by atoms with van der Waals surface area (Å²) in [5.41, 5.74) is 9.45.